The molecule has 2 aromatic rings. The fraction of sp³-hybridized carbons (Fsp3) is 0.615. The zero-order valence-corrected chi connectivity index (χ0v) is 12.2. The van der Waals surface area contributed by atoms with Gasteiger partial charge in [0.25, 0.3) is 0 Å². The summed E-state index contributed by atoms with van der Waals surface area (Å²) in [5, 5.41) is 24.1. The Morgan fingerprint density at radius 1 is 1.30 bits per heavy atom. The van der Waals surface area contributed by atoms with Crippen LogP contribution in [0.3, 0.4) is 0 Å². The zero-order chi connectivity index (χ0) is 14.6. The summed E-state index contributed by atoms with van der Waals surface area (Å²) in [4.78, 5) is 8.75. The predicted molar refractivity (Wildman–Crippen MR) is 79.9 cm³/mol. The quantitative estimate of drug-likeness (QED) is 0.616. The van der Waals surface area contributed by atoms with Crippen LogP contribution < -0.4 is 10.6 Å². The van der Waals surface area contributed by atoms with Crippen molar-refractivity contribution in [2.24, 2.45) is 0 Å². The molecule has 7 heteroatoms. The van der Waals surface area contributed by atoms with Gasteiger partial charge in [-0.15, -0.1) is 0 Å². The van der Waals surface area contributed by atoms with Crippen molar-refractivity contribution in [3.8, 4) is 0 Å². The maximum absolute atomic E-state index is 10.2. The SMILES string of the molecule is CCCC(C)(O)CNc1nc(NCC)nc2[nH]ncc12. The summed E-state index contributed by atoms with van der Waals surface area (Å²) in [5.74, 6) is 1.22. The summed E-state index contributed by atoms with van der Waals surface area (Å²) in [6.45, 7) is 7.04. The molecule has 2 rings (SSSR count). The van der Waals surface area contributed by atoms with Crippen LogP contribution >= 0.6 is 0 Å². The van der Waals surface area contributed by atoms with Crippen LogP contribution in [0.15, 0.2) is 6.20 Å². The summed E-state index contributed by atoms with van der Waals surface area (Å²) in [5.41, 5.74) is -0.0812. The lowest BCUT2D eigenvalue weighted by atomic mass is 10.0. The van der Waals surface area contributed by atoms with E-state index in [2.05, 4.69) is 37.7 Å². The van der Waals surface area contributed by atoms with Gasteiger partial charge in [-0.25, -0.2) is 0 Å². The van der Waals surface area contributed by atoms with E-state index in [1.165, 1.54) is 0 Å². The van der Waals surface area contributed by atoms with Gasteiger partial charge in [-0.2, -0.15) is 15.1 Å². The van der Waals surface area contributed by atoms with Crippen molar-refractivity contribution in [1.29, 1.82) is 0 Å². The molecule has 0 fully saturated rings. The summed E-state index contributed by atoms with van der Waals surface area (Å²) in [7, 11) is 0. The van der Waals surface area contributed by atoms with Crippen LogP contribution in [0.2, 0.25) is 0 Å². The Kier molecular flexibility index (Phi) is 4.39. The lowest BCUT2D eigenvalue weighted by molar-refractivity contribution is 0.0636. The number of aromatic nitrogens is 4. The average molecular weight is 278 g/mol. The standard InChI is InChI=1S/C13H22N6O/c1-4-6-13(3,20)8-15-10-9-7-16-19-11(9)18-12(17-10)14-5-2/h7,20H,4-6,8H2,1-3H3,(H3,14,15,16,17,18,19). The first-order chi connectivity index (χ1) is 9.55. The monoisotopic (exact) mass is 278 g/mol. The molecule has 110 valence electrons. The average Bonchev–Trinajstić information content (AvgIpc) is 2.84. The lowest BCUT2D eigenvalue weighted by Crippen LogP contribution is -2.33. The Labute approximate surface area is 118 Å². The zero-order valence-electron chi connectivity index (χ0n) is 12.2. The number of aromatic amines is 1. The minimum Gasteiger partial charge on any atom is -0.388 e. The second kappa shape index (κ2) is 6.04. The van der Waals surface area contributed by atoms with E-state index in [0.717, 1.165) is 24.8 Å². The van der Waals surface area contributed by atoms with Gasteiger partial charge in [-0.3, -0.25) is 5.10 Å². The highest BCUT2D eigenvalue weighted by Gasteiger charge is 2.20. The van der Waals surface area contributed by atoms with Crippen molar-refractivity contribution in [3.63, 3.8) is 0 Å². The maximum Gasteiger partial charge on any atom is 0.226 e. The van der Waals surface area contributed by atoms with Crippen LogP contribution in [0, 0.1) is 0 Å². The first-order valence-corrected chi connectivity index (χ1v) is 6.97. The van der Waals surface area contributed by atoms with Gasteiger partial charge in [0.05, 0.1) is 17.2 Å². The number of nitrogens with zero attached hydrogens (tertiary/aromatic N) is 3. The number of anilines is 2. The van der Waals surface area contributed by atoms with Crippen molar-refractivity contribution in [1.82, 2.24) is 20.2 Å². The Bertz CT molecular complexity index is 565. The molecule has 20 heavy (non-hydrogen) atoms. The van der Waals surface area contributed by atoms with Gasteiger partial charge in [-0.1, -0.05) is 13.3 Å². The number of H-pyrrole nitrogens is 1. The molecule has 0 saturated carbocycles. The molecule has 0 aliphatic heterocycles. The summed E-state index contributed by atoms with van der Waals surface area (Å²) in [6, 6.07) is 0. The first-order valence-electron chi connectivity index (χ1n) is 6.97. The fourth-order valence-corrected chi connectivity index (χ4v) is 2.11. The minimum absolute atomic E-state index is 0.434. The summed E-state index contributed by atoms with van der Waals surface area (Å²) in [6.07, 6.45) is 3.35. The molecule has 1 atom stereocenters. The third-order valence-electron chi connectivity index (χ3n) is 3.07. The second-order valence-electron chi connectivity index (χ2n) is 5.16. The molecule has 0 radical (unpaired) electrons. The second-order valence-corrected chi connectivity index (χ2v) is 5.16. The van der Waals surface area contributed by atoms with Gasteiger partial charge in [0.2, 0.25) is 5.95 Å². The molecule has 2 heterocycles. The summed E-state index contributed by atoms with van der Waals surface area (Å²) < 4.78 is 0. The van der Waals surface area contributed by atoms with Gasteiger partial charge in [-0.05, 0) is 20.3 Å². The van der Waals surface area contributed by atoms with Gasteiger partial charge in [0.15, 0.2) is 5.65 Å². The highest BCUT2D eigenvalue weighted by Crippen LogP contribution is 2.21. The third kappa shape index (κ3) is 3.36. The Balaban J connectivity index is 2.21. The molecule has 2 aromatic heterocycles. The number of nitrogens with one attached hydrogen (secondary N) is 3. The van der Waals surface area contributed by atoms with Crippen LogP contribution in [0.25, 0.3) is 11.0 Å². The number of hydrogen-bond acceptors (Lipinski definition) is 6. The van der Waals surface area contributed by atoms with E-state index in [0.29, 0.717) is 24.0 Å². The molecule has 0 spiro atoms. The van der Waals surface area contributed by atoms with Crippen molar-refractivity contribution in [2.45, 2.75) is 39.2 Å². The summed E-state index contributed by atoms with van der Waals surface area (Å²) >= 11 is 0. The van der Waals surface area contributed by atoms with Crippen LogP contribution in [0.4, 0.5) is 11.8 Å². The number of fused-ring (bicyclic) bond motifs is 1. The van der Waals surface area contributed by atoms with E-state index in [1.807, 2.05) is 13.8 Å². The molecule has 0 aliphatic carbocycles. The third-order valence-corrected chi connectivity index (χ3v) is 3.07. The van der Waals surface area contributed by atoms with Crippen molar-refractivity contribution < 1.29 is 5.11 Å². The highest BCUT2D eigenvalue weighted by atomic mass is 16.3. The molecule has 4 N–H and O–H groups in total. The number of rotatable bonds is 7. The van der Waals surface area contributed by atoms with Crippen molar-refractivity contribution >= 4 is 22.8 Å². The molecular formula is C13H22N6O. The molecule has 7 nitrogen and oxygen atoms in total. The topological polar surface area (TPSA) is 98.7 Å². The minimum atomic E-state index is -0.756. The van der Waals surface area contributed by atoms with Gasteiger partial charge in [0, 0.05) is 13.1 Å². The Hall–Kier alpha value is -1.89. The molecule has 0 bridgehead atoms. The Morgan fingerprint density at radius 3 is 2.80 bits per heavy atom. The van der Waals surface area contributed by atoms with Gasteiger partial charge >= 0.3 is 0 Å². The van der Waals surface area contributed by atoms with Crippen LogP contribution in [0.1, 0.15) is 33.6 Å². The van der Waals surface area contributed by atoms with E-state index in [9.17, 15) is 5.11 Å². The van der Waals surface area contributed by atoms with Gasteiger partial charge in [0.1, 0.15) is 5.82 Å². The van der Waals surface area contributed by atoms with E-state index in [-0.39, 0.29) is 0 Å². The molecule has 0 aliphatic rings. The fourth-order valence-electron chi connectivity index (χ4n) is 2.11. The van der Waals surface area contributed by atoms with E-state index in [1.54, 1.807) is 6.20 Å². The van der Waals surface area contributed by atoms with E-state index < -0.39 is 5.60 Å². The van der Waals surface area contributed by atoms with Crippen LogP contribution in [-0.4, -0.2) is 44.0 Å². The normalized spacial score (nSPS) is 14.2. The van der Waals surface area contributed by atoms with Gasteiger partial charge < -0.3 is 15.7 Å². The maximum atomic E-state index is 10.2. The predicted octanol–water partition coefficient (Wildman–Crippen LogP) is 1.75. The Morgan fingerprint density at radius 2 is 2.10 bits per heavy atom. The van der Waals surface area contributed by atoms with Crippen molar-refractivity contribution in [2.75, 3.05) is 23.7 Å². The van der Waals surface area contributed by atoms with Crippen molar-refractivity contribution in [3.05, 3.63) is 6.20 Å². The first kappa shape index (κ1) is 14.5. The highest BCUT2D eigenvalue weighted by molar-refractivity contribution is 5.86. The molecule has 0 saturated heterocycles. The smallest absolute Gasteiger partial charge is 0.226 e. The number of hydrogen-bond donors (Lipinski definition) is 4. The molecule has 0 amide bonds. The van der Waals surface area contributed by atoms with E-state index in [4.69, 9.17) is 0 Å². The van der Waals surface area contributed by atoms with Crippen LogP contribution in [0.5, 0.6) is 0 Å². The largest absolute Gasteiger partial charge is 0.388 e. The molecule has 1 unspecified atom stereocenters. The van der Waals surface area contributed by atoms with Crippen LogP contribution in [-0.2, 0) is 0 Å². The lowest BCUT2D eigenvalue weighted by Gasteiger charge is -2.23. The molecular weight excluding hydrogens is 256 g/mol. The molecule has 0 aromatic carbocycles. The number of aliphatic hydroxyl groups is 1. The van der Waals surface area contributed by atoms with E-state index >= 15 is 0 Å².